The summed E-state index contributed by atoms with van der Waals surface area (Å²) in [6.07, 6.45) is 4.50. The summed E-state index contributed by atoms with van der Waals surface area (Å²) in [6, 6.07) is 2.96. The van der Waals surface area contributed by atoms with E-state index in [-0.39, 0.29) is 11.3 Å². The van der Waals surface area contributed by atoms with Crippen LogP contribution in [-0.4, -0.2) is 30.3 Å². The molecular weight excluding hydrogens is 377 g/mol. The number of carbonyl (C=O) groups excluding carboxylic acids is 1. The number of aryl methyl sites for hydroxylation is 1. The van der Waals surface area contributed by atoms with E-state index in [1.165, 1.54) is 13.0 Å². The molecule has 0 saturated heterocycles. The fraction of sp³-hybridized carbons (Fsp3) is 0.250. The van der Waals surface area contributed by atoms with Gasteiger partial charge in [0.25, 0.3) is 0 Å². The summed E-state index contributed by atoms with van der Waals surface area (Å²) in [5.41, 5.74) is 2.25. The first-order valence-electron chi connectivity index (χ1n) is 7.40. The van der Waals surface area contributed by atoms with E-state index < -0.39 is 5.82 Å². The lowest BCUT2D eigenvalue weighted by atomic mass is 10.1. The molecule has 0 spiro atoms. The number of ketones is 1. The van der Waals surface area contributed by atoms with Crippen LogP contribution in [0.2, 0.25) is 0 Å². The Labute approximate surface area is 146 Å². The van der Waals surface area contributed by atoms with Gasteiger partial charge < -0.3 is 0 Å². The highest BCUT2D eigenvalue weighted by Gasteiger charge is 2.17. The van der Waals surface area contributed by atoms with Crippen LogP contribution in [0.3, 0.4) is 0 Å². The Balaban J connectivity index is 2.02. The third kappa shape index (κ3) is 3.01. The molecule has 0 aromatic carbocycles. The number of halogens is 2. The molecule has 6 nitrogen and oxygen atoms in total. The molecule has 0 saturated carbocycles. The van der Waals surface area contributed by atoms with Crippen LogP contribution in [-0.2, 0) is 13.1 Å². The van der Waals surface area contributed by atoms with Gasteiger partial charge in [0.2, 0.25) is 0 Å². The zero-order valence-corrected chi connectivity index (χ0v) is 14.8. The third-order valence-electron chi connectivity index (χ3n) is 3.66. The summed E-state index contributed by atoms with van der Waals surface area (Å²) in [4.78, 5) is 15.9. The maximum atomic E-state index is 13.4. The Morgan fingerprint density at radius 3 is 2.75 bits per heavy atom. The van der Waals surface area contributed by atoms with Crippen LogP contribution in [0.25, 0.3) is 11.4 Å². The third-order valence-corrected chi connectivity index (χ3v) is 4.58. The molecular formula is C16H15BrFN5O. The number of aromatic nitrogens is 5. The van der Waals surface area contributed by atoms with Crippen molar-refractivity contribution in [2.24, 2.45) is 0 Å². The van der Waals surface area contributed by atoms with Crippen LogP contribution in [0.4, 0.5) is 4.39 Å². The van der Waals surface area contributed by atoms with Crippen molar-refractivity contribution in [2.75, 3.05) is 0 Å². The van der Waals surface area contributed by atoms with E-state index in [1.807, 2.05) is 11.6 Å². The van der Waals surface area contributed by atoms with Gasteiger partial charge >= 0.3 is 0 Å². The lowest BCUT2D eigenvalue weighted by molar-refractivity contribution is 0.101. The SMILES string of the molecule is CCn1ncc(Cn2nccc2-c2ncc(F)cc2C(C)=O)c1Br. The van der Waals surface area contributed by atoms with Gasteiger partial charge in [-0.3, -0.25) is 19.1 Å². The highest BCUT2D eigenvalue weighted by Crippen LogP contribution is 2.24. The summed E-state index contributed by atoms with van der Waals surface area (Å²) >= 11 is 3.53. The van der Waals surface area contributed by atoms with Crippen molar-refractivity contribution in [3.05, 3.63) is 52.3 Å². The lowest BCUT2D eigenvalue weighted by Gasteiger charge is -2.09. The first kappa shape index (κ1) is 16.5. The van der Waals surface area contributed by atoms with Crippen molar-refractivity contribution in [1.82, 2.24) is 24.5 Å². The monoisotopic (exact) mass is 391 g/mol. The Bertz CT molecular complexity index is 902. The lowest BCUT2D eigenvalue weighted by Crippen LogP contribution is -2.08. The molecule has 0 fully saturated rings. The van der Waals surface area contributed by atoms with Crippen LogP contribution < -0.4 is 0 Å². The van der Waals surface area contributed by atoms with Gasteiger partial charge in [0.05, 0.1) is 30.3 Å². The molecule has 0 amide bonds. The summed E-state index contributed by atoms with van der Waals surface area (Å²) < 4.78 is 17.9. The predicted octanol–water partition coefficient (Wildman–Crippen LogP) is 3.31. The Hall–Kier alpha value is -2.35. The summed E-state index contributed by atoms with van der Waals surface area (Å²) in [6.45, 7) is 4.60. The van der Waals surface area contributed by atoms with Gasteiger partial charge in [-0.1, -0.05) is 0 Å². The first-order chi connectivity index (χ1) is 11.5. The summed E-state index contributed by atoms with van der Waals surface area (Å²) in [5, 5.41) is 8.58. The largest absolute Gasteiger partial charge is 0.294 e. The van der Waals surface area contributed by atoms with E-state index in [0.717, 1.165) is 22.9 Å². The quantitative estimate of drug-likeness (QED) is 0.625. The van der Waals surface area contributed by atoms with Crippen molar-refractivity contribution in [1.29, 1.82) is 0 Å². The number of pyridine rings is 1. The highest BCUT2D eigenvalue weighted by molar-refractivity contribution is 9.10. The van der Waals surface area contributed by atoms with Crippen LogP contribution in [0.15, 0.2) is 35.3 Å². The van der Waals surface area contributed by atoms with Crippen molar-refractivity contribution in [3.8, 4) is 11.4 Å². The fourth-order valence-corrected chi connectivity index (χ4v) is 3.04. The second-order valence-electron chi connectivity index (χ2n) is 5.26. The molecule has 124 valence electrons. The van der Waals surface area contributed by atoms with Crippen LogP contribution in [0, 0.1) is 5.82 Å². The maximum Gasteiger partial charge on any atom is 0.162 e. The molecule has 3 aromatic heterocycles. The number of Topliss-reactive ketones (excluding diaryl/α,β-unsaturated/α-hetero) is 1. The molecule has 0 aliphatic rings. The first-order valence-corrected chi connectivity index (χ1v) is 8.19. The maximum absolute atomic E-state index is 13.4. The van der Waals surface area contributed by atoms with Gasteiger partial charge in [-0.15, -0.1) is 0 Å². The Kier molecular flexibility index (Phi) is 4.57. The van der Waals surface area contributed by atoms with E-state index in [0.29, 0.717) is 17.9 Å². The minimum Gasteiger partial charge on any atom is -0.294 e. The van der Waals surface area contributed by atoms with Gasteiger partial charge in [0.1, 0.15) is 10.4 Å². The number of nitrogens with zero attached hydrogens (tertiary/aromatic N) is 5. The second kappa shape index (κ2) is 6.64. The van der Waals surface area contributed by atoms with E-state index in [2.05, 4.69) is 31.1 Å². The zero-order chi connectivity index (χ0) is 17.3. The van der Waals surface area contributed by atoms with Crippen LogP contribution in [0.5, 0.6) is 0 Å². The summed E-state index contributed by atoms with van der Waals surface area (Å²) in [5.74, 6) is -0.785. The molecule has 0 unspecified atom stereocenters. The Morgan fingerprint density at radius 2 is 2.08 bits per heavy atom. The minimum atomic E-state index is -0.540. The standard InChI is InChI=1S/C16H15BrFN5O/c1-3-22-16(17)11(7-21-22)9-23-14(4-5-20-23)15-13(10(2)24)6-12(18)8-19-15/h4-8H,3,9H2,1-2H3. The smallest absolute Gasteiger partial charge is 0.162 e. The van der Waals surface area contributed by atoms with E-state index in [1.54, 1.807) is 23.1 Å². The van der Waals surface area contributed by atoms with Gasteiger partial charge in [-0.05, 0) is 41.9 Å². The van der Waals surface area contributed by atoms with Gasteiger partial charge in [-0.2, -0.15) is 10.2 Å². The number of rotatable bonds is 5. The minimum absolute atomic E-state index is 0.236. The highest BCUT2D eigenvalue weighted by atomic mass is 79.9. The van der Waals surface area contributed by atoms with Gasteiger partial charge in [-0.25, -0.2) is 4.39 Å². The molecule has 24 heavy (non-hydrogen) atoms. The number of hydrogen-bond acceptors (Lipinski definition) is 4. The zero-order valence-electron chi connectivity index (χ0n) is 13.2. The van der Waals surface area contributed by atoms with Crippen molar-refractivity contribution >= 4 is 21.7 Å². The molecule has 0 bridgehead atoms. The molecule has 3 aromatic rings. The molecule has 0 N–H and O–H groups in total. The average molecular weight is 392 g/mol. The number of hydrogen-bond donors (Lipinski definition) is 0. The normalized spacial score (nSPS) is 11.0. The Morgan fingerprint density at radius 1 is 1.29 bits per heavy atom. The van der Waals surface area contributed by atoms with Crippen molar-refractivity contribution in [3.63, 3.8) is 0 Å². The molecule has 3 rings (SSSR count). The predicted molar refractivity (Wildman–Crippen MR) is 90.1 cm³/mol. The molecule has 0 aliphatic heterocycles. The second-order valence-corrected chi connectivity index (χ2v) is 6.01. The molecule has 8 heteroatoms. The van der Waals surface area contributed by atoms with Gasteiger partial charge in [0.15, 0.2) is 5.78 Å². The van der Waals surface area contributed by atoms with Gasteiger partial charge in [0, 0.05) is 23.9 Å². The van der Waals surface area contributed by atoms with Crippen LogP contribution >= 0.6 is 15.9 Å². The molecule has 0 radical (unpaired) electrons. The molecule has 0 atom stereocenters. The average Bonchev–Trinajstić information content (AvgIpc) is 3.15. The summed E-state index contributed by atoms with van der Waals surface area (Å²) in [7, 11) is 0. The molecule has 0 aliphatic carbocycles. The van der Waals surface area contributed by atoms with Crippen molar-refractivity contribution < 1.29 is 9.18 Å². The number of carbonyl (C=O) groups is 1. The van der Waals surface area contributed by atoms with E-state index >= 15 is 0 Å². The van der Waals surface area contributed by atoms with Crippen molar-refractivity contribution in [2.45, 2.75) is 26.9 Å². The molecule has 3 heterocycles. The van der Waals surface area contributed by atoms with E-state index in [9.17, 15) is 9.18 Å². The van der Waals surface area contributed by atoms with Crippen LogP contribution in [0.1, 0.15) is 29.8 Å². The topological polar surface area (TPSA) is 65.6 Å². The van der Waals surface area contributed by atoms with E-state index in [4.69, 9.17) is 0 Å². The fourth-order valence-electron chi connectivity index (χ4n) is 2.47.